The van der Waals surface area contributed by atoms with E-state index in [9.17, 15) is 4.79 Å². The van der Waals surface area contributed by atoms with Crippen LogP contribution in [0, 0.1) is 5.92 Å². The van der Waals surface area contributed by atoms with Gasteiger partial charge >= 0.3 is 0 Å². The molecule has 1 aromatic heterocycles. The van der Waals surface area contributed by atoms with E-state index in [1.165, 1.54) is 5.56 Å². The number of amides is 1. The zero-order chi connectivity index (χ0) is 15.4. The lowest BCUT2D eigenvalue weighted by molar-refractivity contribution is 0.0904. The fourth-order valence-electron chi connectivity index (χ4n) is 2.84. The van der Waals surface area contributed by atoms with Gasteiger partial charge < -0.3 is 15.8 Å². The number of primary amides is 1. The van der Waals surface area contributed by atoms with Gasteiger partial charge in [-0.25, -0.2) is 0 Å². The summed E-state index contributed by atoms with van der Waals surface area (Å²) < 4.78 is 5.89. The Morgan fingerprint density at radius 2 is 2.18 bits per heavy atom. The molecule has 0 aliphatic carbocycles. The quantitative estimate of drug-likeness (QED) is 0.861. The van der Waals surface area contributed by atoms with Gasteiger partial charge in [0, 0.05) is 35.9 Å². The van der Waals surface area contributed by atoms with Crippen molar-refractivity contribution in [1.82, 2.24) is 5.32 Å². The lowest BCUT2D eigenvalue weighted by Crippen LogP contribution is -2.24. The zero-order valence-electron chi connectivity index (χ0n) is 12.3. The van der Waals surface area contributed by atoms with Crippen LogP contribution in [-0.4, -0.2) is 19.1 Å². The van der Waals surface area contributed by atoms with Gasteiger partial charge in [0.25, 0.3) is 0 Å². The summed E-state index contributed by atoms with van der Waals surface area (Å²) in [6.45, 7) is 2.48. The maximum absolute atomic E-state index is 11.1. The first-order valence-electron chi connectivity index (χ1n) is 7.48. The molecule has 1 saturated heterocycles. The minimum absolute atomic E-state index is 0.179. The molecule has 22 heavy (non-hydrogen) atoms. The van der Waals surface area contributed by atoms with Crippen LogP contribution in [0.25, 0.3) is 0 Å². The molecule has 0 unspecified atom stereocenters. The van der Waals surface area contributed by atoms with Crippen LogP contribution in [0.3, 0.4) is 0 Å². The molecule has 1 aliphatic heterocycles. The second-order valence-electron chi connectivity index (χ2n) is 5.55. The van der Waals surface area contributed by atoms with Crippen molar-refractivity contribution in [3.63, 3.8) is 0 Å². The first kappa shape index (κ1) is 15.2. The first-order valence-corrected chi connectivity index (χ1v) is 8.36. The molecular formula is C17H20N2O2S. The van der Waals surface area contributed by atoms with Crippen LogP contribution in [0.2, 0.25) is 0 Å². The molecule has 1 aliphatic rings. The topological polar surface area (TPSA) is 64.4 Å². The zero-order valence-corrected chi connectivity index (χ0v) is 13.1. The Morgan fingerprint density at radius 1 is 1.36 bits per heavy atom. The molecule has 0 saturated carbocycles. The van der Waals surface area contributed by atoms with E-state index in [4.69, 9.17) is 10.5 Å². The minimum atomic E-state index is -0.365. The van der Waals surface area contributed by atoms with E-state index in [0.717, 1.165) is 31.0 Å². The Kier molecular flexibility index (Phi) is 4.87. The smallest absolute Gasteiger partial charge is 0.249 e. The highest BCUT2D eigenvalue weighted by atomic mass is 32.1. The second-order valence-corrected chi connectivity index (χ2v) is 6.54. The van der Waals surface area contributed by atoms with Crippen LogP contribution in [0.5, 0.6) is 0 Å². The molecule has 1 amide bonds. The number of carbonyl (C=O) groups is 1. The number of carbonyl (C=O) groups excluding carboxylic acids is 1. The average Bonchev–Trinajstić information content (AvgIpc) is 3.17. The van der Waals surface area contributed by atoms with Crippen LogP contribution in [0.4, 0.5) is 0 Å². The van der Waals surface area contributed by atoms with Gasteiger partial charge in [-0.1, -0.05) is 30.3 Å². The largest absolute Gasteiger partial charge is 0.373 e. The molecular weight excluding hydrogens is 296 g/mol. The molecule has 2 heterocycles. The van der Waals surface area contributed by atoms with Crippen LogP contribution in [0.1, 0.15) is 33.3 Å². The van der Waals surface area contributed by atoms with Crippen molar-refractivity contribution in [2.75, 3.05) is 13.2 Å². The number of benzene rings is 1. The van der Waals surface area contributed by atoms with Gasteiger partial charge in [-0.2, -0.15) is 0 Å². The van der Waals surface area contributed by atoms with Crippen molar-refractivity contribution in [3.8, 4) is 0 Å². The van der Waals surface area contributed by atoms with E-state index < -0.39 is 0 Å². The number of ether oxygens (including phenoxy) is 1. The fraction of sp³-hybridized carbons (Fsp3) is 0.353. The van der Waals surface area contributed by atoms with Crippen molar-refractivity contribution < 1.29 is 9.53 Å². The number of hydrogen-bond donors (Lipinski definition) is 2. The fourth-order valence-corrected chi connectivity index (χ4v) is 3.68. The minimum Gasteiger partial charge on any atom is -0.373 e. The molecule has 4 nitrogen and oxygen atoms in total. The molecule has 2 atom stereocenters. The van der Waals surface area contributed by atoms with E-state index in [2.05, 4.69) is 29.6 Å². The van der Waals surface area contributed by atoms with E-state index in [-0.39, 0.29) is 12.0 Å². The van der Waals surface area contributed by atoms with Gasteiger partial charge in [0.1, 0.15) is 0 Å². The van der Waals surface area contributed by atoms with Crippen LogP contribution in [0.15, 0.2) is 41.8 Å². The predicted octanol–water partition coefficient (Wildman–Crippen LogP) is 2.71. The van der Waals surface area contributed by atoms with Gasteiger partial charge in [0.2, 0.25) is 5.91 Å². The highest BCUT2D eigenvalue weighted by Crippen LogP contribution is 2.33. The summed E-state index contributed by atoms with van der Waals surface area (Å²) in [6, 6.07) is 12.2. The summed E-state index contributed by atoms with van der Waals surface area (Å²) in [7, 11) is 0. The lowest BCUT2D eigenvalue weighted by atomic mass is 9.95. The number of nitrogens with one attached hydrogen (secondary N) is 1. The summed E-state index contributed by atoms with van der Waals surface area (Å²) in [5.41, 5.74) is 7.11. The van der Waals surface area contributed by atoms with Crippen molar-refractivity contribution in [2.24, 2.45) is 11.7 Å². The third kappa shape index (κ3) is 3.55. The normalized spacial score (nSPS) is 21.1. The maximum Gasteiger partial charge on any atom is 0.249 e. The predicted molar refractivity (Wildman–Crippen MR) is 87.8 cm³/mol. The van der Waals surface area contributed by atoms with Gasteiger partial charge in [-0.05, 0) is 18.1 Å². The summed E-state index contributed by atoms with van der Waals surface area (Å²) in [5, 5.41) is 5.28. The van der Waals surface area contributed by atoms with Crippen molar-refractivity contribution in [3.05, 3.63) is 57.8 Å². The molecule has 5 heteroatoms. The van der Waals surface area contributed by atoms with E-state index in [0.29, 0.717) is 11.5 Å². The average molecular weight is 316 g/mol. The maximum atomic E-state index is 11.1. The SMILES string of the molecule is NC(=O)c1csc(CNC[C@H]2CCO[C@@H]2c2ccccc2)c1. The number of hydrogen-bond acceptors (Lipinski definition) is 4. The highest BCUT2D eigenvalue weighted by Gasteiger charge is 2.29. The van der Waals surface area contributed by atoms with E-state index in [1.807, 2.05) is 17.5 Å². The Morgan fingerprint density at radius 3 is 2.91 bits per heavy atom. The van der Waals surface area contributed by atoms with Crippen molar-refractivity contribution in [2.45, 2.75) is 19.1 Å². The summed E-state index contributed by atoms with van der Waals surface area (Å²) in [4.78, 5) is 12.2. The Balaban J connectivity index is 1.53. The van der Waals surface area contributed by atoms with Gasteiger partial charge in [0.05, 0.1) is 11.7 Å². The Labute approximate surface area is 134 Å². The summed E-state index contributed by atoms with van der Waals surface area (Å²) in [6.07, 6.45) is 1.25. The van der Waals surface area contributed by atoms with Gasteiger partial charge in [-0.3, -0.25) is 4.79 Å². The standard InChI is InChI=1S/C17H20N2O2S/c18-17(20)14-8-15(22-11-14)10-19-9-13-6-7-21-16(13)12-4-2-1-3-5-12/h1-5,8,11,13,16,19H,6-7,9-10H2,(H2,18,20)/t13-,16-/m1/s1. The molecule has 0 radical (unpaired) electrons. The number of nitrogens with two attached hydrogens (primary N) is 1. The molecule has 3 rings (SSSR count). The lowest BCUT2D eigenvalue weighted by Gasteiger charge is -2.19. The van der Waals surface area contributed by atoms with Gasteiger partial charge in [-0.15, -0.1) is 11.3 Å². The van der Waals surface area contributed by atoms with Crippen molar-refractivity contribution in [1.29, 1.82) is 0 Å². The van der Waals surface area contributed by atoms with Gasteiger partial charge in [0.15, 0.2) is 0 Å². The molecule has 0 bridgehead atoms. The van der Waals surface area contributed by atoms with Crippen LogP contribution in [-0.2, 0) is 11.3 Å². The molecule has 0 spiro atoms. The van der Waals surface area contributed by atoms with E-state index in [1.54, 1.807) is 11.3 Å². The first-order chi connectivity index (χ1) is 10.7. The molecule has 1 aromatic carbocycles. The second kappa shape index (κ2) is 7.05. The van der Waals surface area contributed by atoms with Crippen LogP contribution >= 0.6 is 11.3 Å². The third-order valence-electron chi connectivity index (χ3n) is 3.99. The Hall–Kier alpha value is -1.69. The Bertz CT molecular complexity index is 627. The summed E-state index contributed by atoms with van der Waals surface area (Å²) in [5.74, 6) is 0.119. The molecule has 2 aromatic rings. The van der Waals surface area contributed by atoms with Crippen molar-refractivity contribution >= 4 is 17.2 Å². The highest BCUT2D eigenvalue weighted by molar-refractivity contribution is 7.10. The summed E-state index contributed by atoms with van der Waals surface area (Å²) >= 11 is 1.56. The number of rotatable bonds is 6. The third-order valence-corrected chi connectivity index (χ3v) is 4.92. The van der Waals surface area contributed by atoms with Crippen LogP contribution < -0.4 is 11.1 Å². The van der Waals surface area contributed by atoms with E-state index >= 15 is 0 Å². The number of thiophene rings is 1. The molecule has 116 valence electrons. The molecule has 1 fully saturated rings. The monoisotopic (exact) mass is 316 g/mol. The molecule has 3 N–H and O–H groups in total.